The second-order valence-electron chi connectivity index (χ2n) is 11.9. The van der Waals surface area contributed by atoms with Gasteiger partial charge >= 0.3 is 5.97 Å². The molecule has 4 aromatic rings. The molecular weight excluding hydrogens is 687 g/mol. The first-order chi connectivity index (χ1) is 25.7. The fourth-order valence-corrected chi connectivity index (χ4v) is 5.84. The maximum atomic E-state index is 13.1. The van der Waals surface area contributed by atoms with Gasteiger partial charge in [-0.25, -0.2) is 4.79 Å². The van der Waals surface area contributed by atoms with Crippen molar-refractivity contribution in [3.63, 3.8) is 0 Å². The minimum atomic E-state index is -0.458. The molecule has 0 fully saturated rings. The molecule has 2 amide bonds. The minimum Gasteiger partial charge on any atom is -0.494 e. The van der Waals surface area contributed by atoms with E-state index in [1.54, 1.807) is 12.1 Å². The van der Waals surface area contributed by atoms with Crippen LogP contribution in [0.25, 0.3) is 0 Å². The number of carbonyl (C=O) groups is 4. The van der Waals surface area contributed by atoms with Crippen LogP contribution in [0, 0.1) is 37.5 Å². The number of hydrogen-bond donors (Lipinski definition) is 0. The molecule has 0 radical (unpaired) electrons. The van der Waals surface area contributed by atoms with Gasteiger partial charge in [0.15, 0.2) is 0 Å². The summed E-state index contributed by atoms with van der Waals surface area (Å²) in [7, 11) is 0. The number of imide groups is 1. The van der Waals surface area contributed by atoms with Crippen LogP contribution in [-0.2, 0) is 19.1 Å². The van der Waals surface area contributed by atoms with Crippen LogP contribution in [0.2, 0.25) is 0 Å². The van der Waals surface area contributed by atoms with E-state index in [4.69, 9.17) is 14.2 Å². The van der Waals surface area contributed by atoms with E-state index < -0.39 is 5.97 Å². The largest absolute Gasteiger partial charge is 0.494 e. The summed E-state index contributed by atoms with van der Waals surface area (Å²) >= 11 is 1.18. The third-order valence-electron chi connectivity index (χ3n) is 7.88. The molecule has 0 N–H and O–H groups in total. The van der Waals surface area contributed by atoms with Crippen LogP contribution < -0.4 is 9.47 Å². The number of rotatable bonds is 13. The average molecular weight is 724 g/mol. The Labute approximate surface area is 313 Å². The van der Waals surface area contributed by atoms with E-state index in [0.29, 0.717) is 49.7 Å². The maximum absolute atomic E-state index is 13.1. The standard InChI is InChI=1S/C44H37NO7S/c1-4-43(48)52-28-6-27-51-39-21-18-37(30-31(39)2)44(49)53-40-22-17-36(29-32(40)3)14-13-34-9-7-33(8-10-34)11-12-35-15-19-38(20-16-35)50-26-5-25-45-41(46)23-24-42(45)47/h4,7-10,15-24,29-30H,1,5-6,25-28H2,2-3H3. The Balaban J connectivity index is 1.08. The summed E-state index contributed by atoms with van der Waals surface area (Å²) in [5.41, 5.74) is 5.80. The first kappa shape index (κ1) is 38.0. The lowest BCUT2D eigenvalue weighted by atomic mass is 10.1. The first-order valence-corrected chi connectivity index (χ1v) is 17.8. The van der Waals surface area contributed by atoms with Gasteiger partial charge in [-0.05, 0) is 128 Å². The van der Waals surface area contributed by atoms with Crippen LogP contribution in [0.5, 0.6) is 11.5 Å². The zero-order valence-corrected chi connectivity index (χ0v) is 30.3. The zero-order chi connectivity index (χ0) is 37.6. The highest BCUT2D eigenvalue weighted by Crippen LogP contribution is 2.29. The van der Waals surface area contributed by atoms with Gasteiger partial charge in [-0.3, -0.25) is 19.3 Å². The molecule has 1 aliphatic rings. The second kappa shape index (κ2) is 18.8. The molecule has 0 aromatic heterocycles. The van der Waals surface area contributed by atoms with Crippen molar-refractivity contribution in [3.05, 3.63) is 149 Å². The van der Waals surface area contributed by atoms with E-state index in [-0.39, 0.29) is 23.5 Å². The molecule has 5 rings (SSSR count). The Morgan fingerprint density at radius 2 is 1.28 bits per heavy atom. The van der Waals surface area contributed by atoms with Crippen molar-refractivity contribution in [2.75, 3.05) is 26.4 Å². The second-order valence-corrected chi connectivity index (χ2v) is 12.9. The van der Waals surface area contributed by atoms with Crippen LogP contribution in [-0.4, -0.2) is 54.2 Å². The highest BCUT2D eigenvalue weighted by Gasteiger charge is 2.22. The SMILES string of the molecule is C=CC(=O)OCCCOc1ccc(C(=O)Sc2ccc(C#Cc3ccc(C#Cc4ccc(OCCCN5C(=O)C=CC5=O)cc4)cc3)cc2C)cc1C. The van der Waals surface area contributed by atoms with Gasteiger partial charge in [-0.2, -0.15) is 0 Å². The van der Waals surface area contributed by atoms with Crippen LogP contribution in [0.3, 0.4) is 0 Å². The highest BCUT2D eigenvalue weighted by atomic mass is 32.2. The average Bonchev–Trinajstić information content (AvgIpc) is 3.49. The Morgan fingerprint density at radius 1 is 0.698 bits per heavy atom. The zero-order valence-electron chi connectivity index (χ0n) is 29.5. The number of thioether (sulfide) groups is 1. The third-order valence-corrected chi connectivity index (χ3v) is 8.98. The highest BCUT2D eigenvalue weighted by molar-refractivity contribution is 8.14. The van der Waals surface area contributed by atoms with Gasteiger partial charge in [0, 0.05) is 63.9 Å². The molecule has 0 bridgehead atoms. The Kier molecular flexibility index (Phi) is 13.5. The van der Waals surface area contributed by atoms with Crippen LogP contribution in [0.15, 0.2) is 115 Å². The molecule has 53 heavy (non-hydrogen) atoms. The molecule has 1 heterocycles. The molecule has 4 aromatic carbocycles. The van der Waals surface area contributed by atoms with E-state index in [0.717, 1.165) is 44.4 Å². The van der Waals surface area contributed by atoms with Gasteiger partial charge in [0.1, 0.15) is 11.5 Å². The maximum Gasteiger partial charge on any atom is 0.330 e. The predicted molar refractivity (Wildman–Crippen MR) is 205 cm³/mol. The van der Waals surface area contributed by atoms with Gasteiger partial charge < -0.3 is 14.2 Å². The number of esters is 1. The summed E-state index contributed by atoms with van der Waals surface area (Å²) in [5.74, 6) is 13.1. The smallest absolute Gasteiger partial charge is 0.330 e. The fourth-order valence-electron chi connectivity index (χ4n) is 5.04. The Hall–Kier alpha value is -6.29. The lowest BCUT2D eigenvalue weighted by Crippen LogP contribution is -2.31. The summed E-state index contributed by atoms with van der Waals surface area (Å²) in [6, 6.07) is 26.3. The van der Waals surface area contributed by atoms with Gasteiger partial charge in [0.25, 0.3) is 11.8 Å². The number of hydrogen-bond acceptors (Lipinski definition) is 8. The molecule has 0 spiro atoms. The molecule has 0 aliphatic carbocycles. The lowest BCUT2D eigenvalue weighted by Gasteiger charge is -2.13. The number of amides is 2. The summed E-state index contributed by atoms with van der Waals surface area (Å²) < 4.78 is 16.5. The molecule has 0 saturated carbocycles. The molecule has 0 unspecified atom stereocenters. The minimum absolute atomic E-state index is 0.0648. The van der Waals surface area contributed by atoms with E-state index in [9.17, 15) is 19.2 Å². The van der Waals surface area contributed by atoms with Gasteiger partial charge in [-0.15, -0.1) is 0 Å². The molecule has 8 nitrogen and oxygen atoms in total. The first-order valence-electron chi connectivity index (χ1n) is 16.9. The van der Waals surface area contributed by atoms with E-state index in [1.807, 2.05) is 86.6 Å². The van der Waals surface area contributed by atoms with Crippen LogP contribution >= 0.6 is 11.8 Å². The topological polar surface area (TPSA) is 99.2 Å². The van der Waals surface area contributed by atoms with Crippen molar-refractivity contribution in [2.24, 2.45) is 0 Å². The molecule has 1 aliphatic heterocycles. The number of benzene rings is 4. The fraction of sp³-hybridized carbons (Fsp3) is 0.182. The van der Waals surface area contributed by atoms with Crippen molar-refractivity contribution in [1.29, 1.82) is 0 Å². The summed E-state index contributed by atoms with van der Waals surface area (Å²) in [6.07, 6.45) is 4.78. The molecule has 266 valence electrons. The normalized spacial score (nSPS) is 11.6. The van der Waals surface area contributed by atoms with Crippen molar-refractivity contribution in [3.8, 4) is 35.2 Å². The predicted octanol–water partition coefficient (Wildman–Crippen LogP) is 7.23. The Morgan fingerprint density at radius 3 is 1.89 bits per heavy atom. The molecular formula is C44H37NO7S. The van der Waals surface area contributed by atoms with Crippen molar-refractivity contribution in [1.82, 2.24) is 4.90 Å². The van der Waals surface area contributed by atoms with Gasteiger partial charge in [0.05, 0.1) is 19.8 Å². The summed E-state index contributed by atoms with van der Waals surface area (Å²) in [6.45, 7) is 8.57. The van der Waals surface area contributed by atoms with Crippen molar-refractivity contribution < 1.29 is 33.4 Å². The van der Waals surface area contributed by atoms with Crippen LogP contribution in [0.4, 0.5) is 0 Å². The number of ether oxygens (including phenoxy) is 3. The van der Waals surface area contributed by atoms with Crippen molar-refractivity contribution in [2.45, 2.75) is 31.6 Å². The monoisotopic (exact) mass is 723 g/mol. The van der Waals surface area contributed by atoms with E-state index >= 15 is 0 Å². The summed E-state index contributed by atoms with van der Waals surface area (Å²) in [4.78, 5) is 49.5. The number of nitrogens with zero attached hydrogens (tertiary/aromatic N) is 1. The lowest BCUT2D eigenvalue weighted by molar-refractivity contribution is -0.138. The van der Waals surface area contributed by atoms with E-state index in [2.05, 4.69) is 30.3 Å². The Bertz CT molecular complexity index is 2150. The van der Waals surface area contributed by atoms with Crippen molar-refractivity contribution >= 4 is 34.7 Å². The quantitative estimate of drug-likeness (QED) is 0.0356. The number of aryl methyl sites for hydroxylation is 2. The van der Waals surface area contributed by atoms with Crippen LogP contribution in [0.1, 0.15) is 56.6 Å². The summed E-state index contributed by atoms with van der Waals surface area (Å²) in [5, 5.41) is -0.0648. The van der Waals surface area contributed by atoms with Gasteiger partial charge in [0.2, 0.25) is 5.12 Å². The van der Waals surface area contributed by atoms with E-state index in [1.165, 1.54) is 28.8 Å². The molecule has 0 atom stereocenters. The third kappa shape index (κ3) is 11.4. The number of carbonyl (C=O) groups excluding carboxylic acids is 4. The molecule has 9 heteroatoms. The van der Waals surface area contributed by atoms with Gasteiger partial charge in [-0.1, -0.05) is 30.3 Å². The molecule has 0 saturated heterocycles.